The van der Waals surface area contributed by atoms with E-state index in [1.807, 2.05) is 12.1 Å². The van der Waals surface area contributed by atoms with E-state index < -0.39 is 5.82 Å². The van der Waals surface area contributed by atoms with Crippen molar-refractivity contribution < 1.29 is 9.18 Å². The van der Waals surface area contributed by atoms with E-state index in [9.17, 15) is 9.18 Å². The van der Waals surface area contributed by atoms with Gasteiger partial charge < -0.3 is 5.32 Å². The average Bonchev–Trinajstić information content (AvgIpc) is 2.41. The summed E-state index contributed by atoms with van der Waals surface area (Å²) in [5, 5.41) is 2.57. The SMILES string of the molecule is Cc1ccc(NC(=O)CCc2cccnc2)c(F)c1. The largest absolute Gasteiger partial charge is 0.324 e. The molecule has 0 fully saturated rings. The predicted octanol–water partition coefficient (Wildman–Crippen LogP) is 3.10. The van der Waals surface area contributed by atoms with Gasteiger partial charge in [0.1, 0.15) is 5.82 Å². The zero-order chi connectivity index (χ0) is 13.7. The third-order valence-corrected chi connectivity index (χ3v) is 2.76. The minimum atomic E-state index is -0.408. The highest BCUT2D eigenvalue weighted by Gasteiger charge is 2.07. The van der Waals surface area contributed by atoms with Crippen molar-refractivity contribution in [1.82, 2.24) is 4.98 Å². The van der Waals surface area contributed by atoms with Crippen LogP contribution in [-0.4, -0.2) is 10.9 Å². The molecule has 0 atom stereocenters. The van der Waals surface area contributed by atoms with Gasteiger partial charge in [-0.05, 0) is 42.7 Å². The second-order valence-electron chi connectivity index (χ2n) is 4.39. The van der Waals surface area contributed by atoms with Crippen LogP contribution in [0.3, 0.4) is 0 Å². The molecule has 1 aromatic heterocycles. The van der Waals surface area contributed by atoms with Crippen LogP contribution >= 0.6 is 0 Å². The van der Waals surface area contributed by atoms with Crippen LogP contribution in [0.4, 0.5) is 10.1 Å². The number of hydrogen-bond acceptors (Lipinski definition) is 2. The Labute approximate surface area is 111 Å². The molecular weight excluding hydrogens is 243 g/mol. The number of carbonyl (C=O) groups is 1. The standard InChI is InChI=1S/C15H15FN2O/c1-11-4-6-14(13(16)9-11)18-15(19)7-5-12-3-2-8-17-10-12/h2-4,6,8-10H,5,7H2,1H3,(H,18,19). The Morgan fingerprint density at radius 1 is 1.37 bits per heavy atom. The zero-order valence-electron chi connectivity index (χ0n) is 10.7. The molecule has 0 unspecified atom stereocenters. The van der Waals surface area contributed by atoms with Crippen molar-refractivity contribution in [3.05, 3.63) is 59.7 Å². The molecular formula is C15H15FN2O. The number of benzene rings is 1. The van der Waals surface area contributed by atoms with Gasteiger partial charge in [0.05, 0.1) is 5.69 Å². The minimum absolute atomic E-state index is 0.202. The molecule has 0 aliphatic carbocycles. The second kappa shape index (κ2) is 6.09. The van der Waals surface area contributed by atoms with E-state index in [1.54, 1.807) is 31.5 Å². The maximum absolute atomic E-state index is 13.5. The van der Waals surface area contributed by atoms with Gasteiger partial charge in [0.25, 0.3) is 0 Å². The summed E-state index contributed by atoms with van der Waals surface area (Å²) in [7, 11) is 0. The Morgan fingerprint density at radius 3 is 2.89 bits per heavy atom. The summed E-state index contributed by atoms with van der Waals surface area (Å²) in [4.78, 5) is 15.7. The molecule has 0 radical (unpaired) electrons. The summed E-state index contributed by atoms with van der Waals surface area (Å²) in [5.41, 5.74) is 2.04. The van der Waals surface area contributed by atoms with E-state index in [2.05, 4.69) is 10.3 Å². The topological polar surface area (TPSA) is 42.0 Å². The number of anilines is 1. The predicted molar refractivity (Wildman–Crippen MR) is 72.3 cm³/mol. The third kappa shape index (κ3) is 3.88. The van der Waals surface area contributed by atoms with Gasteiger partial charge in [-0.15, -0.1) is 0 Å². The molecule has 0 saturated heterocycles. The van der Waals surface area contributed by atoms with E-state index in [1.165, 1.54) is 6.07 Å². The van der Waals surface area contributed by atoms with Crippen molar-refractivity contribution in [2.75, 3.05) is 5.32 Å². The van der Waals surface area contributed by atoms with Gasteiger partial charge in [0.15, 0.2) is 0 Å². The molecule has 1 amide bonds. The van der Waals surface area contributed by atoms with E-state index >= 15 is 0 Å². The lowest BCUT2D eigenvalue weighted by atomic mass is 10.1. The number of rotatable bonds is 4. The molecule has 1 aromatic carbocycles. The van der Waals surface area contributed by atoms with E-state index in [0.717, 1.165) is 11.1 Å². The average molecular weight is 258 g/mol. The zero-order valence-corrected chi connectivity index (χ0v) is 10.7. The fraction of sp³-hybridized carbons (Fsp3) is 0.200. The minimum Gasteiger partial charge on any atom is -0.324 e. The number of pyridine rings is 1. The lowest BCUT2D eigenvalue weighted by molar-refractivity contribution is -0.116. The molecule has 1 heterocycles. The van der Waals surface area contributed by atoms with Crippen molar-refractivity contribution in [3.8, 4) is 0 Å². The van der Waals surface area contributed by atoms with E-state index in [-0.39, 0.29) is 11.6 Å². The van der Waals surface area contributed by atoms with Gasteiger partial charge in [0, 0.05) is 18.8 Å². The monoisotopic (exact) mass is 258 g/mol. The molecule has 4 heteroatoms. The van der Waals surface area contributed by atoms with Crippen molar-refractivity contribution in [2.24, 2.45) is 0 Å². The number of aromatic nitrogens is 1. The molecule has 2 aromatic rings. The van der Waals surface area contributed by atoms with Crippen LogP contribution in [-0.2, 0) is 11.2 Å². The summed E-state index contributed by atoms with van der Waals surface area (Å²) in [6, 6.07) is 8.47. The second-order valence-corrected chi connectivity index (χ2v) is 4.39. The van der Waals surface area contributed by atoms with Crippen LogP contribution < -0.4 is 5.32 Å². The van der Waals surface area contributed by atoms with Crippen molar-refractivity contribution in [3.63, 3.8) is 0 Å². The fourth-order valence-electron chi connectivity index (χ4n) is 1.74. The van der Waals surface area contributed by atoms with Crippen LogP contribution in [0.25, 0.3) is 0 Å². The summed E-state index contributed by atoms with van der Waals surface area (Å²) >= 11 is 0. The molecule has 0 spiro atoms. The van der Waals surface area contributed by atoms with Crippen LogP contribution in [0.15, 0.2) is 42.7 Å². The lowest BCUT2D eigenvalue weighted by Crippen LogP contribution is -2.13. The molecule has 0 saturated carbocycles. The summed E-state index contributed by atoms with van der Waals surface area (Å²) in [6.45, 7) is 1.80. The van der Waals surface area contributed by atoms with Gasteiger partial charge in [-0.25, -0.2) is 4.39 Å². The normalized spacial score (nSPS) is 10.2. The lowest BCUT2D eigenvalue weighted by Gasteiger charge is -2.07. The van der Waals surface area contributed by atoms with E-state index in [0.29, 0.717) is 12.8 Å². The molecule has 3 nitrogen and oxygen atoms in total. The van der Waals surface area contributed by atoms with Gasteiger partial charge in [0.2, 0.25) is 5.91 Å². The number of hydrogen-bond donors (Lipinski definition) is 1. The number of aryl methyl sites for hydroxylation is 2. The van der Waals surface area contributed by atoms with Crippen molar-refractivity contribution >= 4 is 11.6 Å². The van der Waals surface area contributed by atoms with Crippen LogP contribution in [0.5, 0.6) is 0 Å². The number of carbonyl (C=O) groups excluding carboxylic acids is 1. The summed E-state index contributed by atoms with van der Waals surface area (Å²) < 4.78 is 13.5. The van der Waals surface area contributed by atoms with Gasteiger partial charge in [-0.1, -0.05) is 12.1 Å². The molecule has 0 aliphatic rings. The van der Waals surface area contributed by atoms with E-state index in [4.69, 9.17) is 0 Å². The Hall–Kier alpha value is -2.23. The molecule has 2 rings (SSSR count). The highest BCUT2D eigenvalue weighted by atomic mass is 19.1. The first-order valence-corrected chi connectivity index (χ1v) is 6.10. The van der Waals surface area contributed by atoms with Crippen molar-refractivity contribution in [2.45, 2.75) is 19.8 Å². The molecule has 19 heavy (non-hydrogen) atoms. The molecule has 98 valence electrons. The summed E-state index contributed by atoms with van der Waals surface area (Å²) in [6.07, 6.45) is 4.30. The molecule has 0 aliphatic heterocycles. The first kappa shape index (κ1) is 13.2. The number of nitrogens with one attached hydrogen (secondary N) is 1. The maximum atomic E-state index is 13.5. The number of nitrogens with zero attached hydrogens (tertiary/aromatic N) is 1. The first-order chi connectivity index (χ1) is 9.15. The smallest absolute Gasteiger partial charge is 0.224 e. The fourth-order valence-corrected chi connectivity index (χ4v) is 1.74. The molecule has 1 N–H and O–H groups in total. The van der Waals surface area contributed by atoms with Gasteiger partial charge >= 0.3 is 0 Å². The molecule has 0 bridgehead atoms. The Morgan fingerprint density at radius 2 is 2.21 bits per heavy atom. The summed E-state index contributed by atoms with van der Waals surface area (Å²) in [5.74, 6) is -0.610. The number of amides is 1. The Balaban J connectivity index is 1.91. The highest BCUT2D eigenvalue weighted by Crippen LogP contribution is 2.15. The van der Waals surface area contributed by atoms with Gasteiger partial charge in [-0.3, -0.25) is 9.78 Å². The highest BCUT2D eigenvalue weighted by molar-refractivity contribution is 5.90. The quantitative estimate of drug-likeness (QED) is 0.915. The van der Waals surface area contributed by atoms with Crippen LogP contribution in [0.1, 0.15) is 17.5 Å². The third-order valence-electron chi connectivity index (χ3n) is 2.76. The first-order valence-electron chi connectivity index (χ1n) is 6.10. The van der Waals surface area contributed by atoms with Gasteiger partial charge in [-0.2, -0.15) is 0 Å². The Bertz CT molecular complexity index is 570. The van der Waals surface area contributed by atoms with Crippen molar-refractivity contribution in [1.29, 1.82) is 0 Å². The maximum Gasteiger partial charge on any atom is 0.224 e. The van der Waals surface area contributed by atoms with Crippen LogP contribution in [0.2, 0.25) is 0 Å². The Kier molecular flexibility index (Phi) is 4.23. The van der Waals surface area contributed by atoms with Crippen LogP contribution in [0, 0.1) is 12.7 Å². The number of halogens is 1.